The van der Waals surface area contributed by atoms with Gasteiger partial charge < -0.3 is 15.5 Å². The third kappa shape index (κ3) is 5.56. The van der Waals surface area contributed by atoms with Gasteiger partial charge in [-0.3, -0.25) is 14.4 Å². The normalized spacial score (nSPS) is 20.6. The molecule has 0 radical (unpaired) electrons. The number of carbonyl (C=O) groups is 1. The fraction of sp³-hybridized carbons (Fsp3) is 0.625. The van der Waals surface area contributed by atoms with E-state index in [-0.39, 0.29) is 5.91 Å². The summed E-state index contributed by atoms with van der Waals surface area (Å²) < 4.78 is 1.75. The first-order valence-electron chi connectivity index (χ1n) is 12.7. The van der Waals surface area contributed by atoms with E-state index in [1.54, 1.807) is 22.2 Å². The van der Waals surface area contributed by atoms with Crippen LogP contribution in [0.5, 0.6) is 0 Å². The molecule has 4 heterocycles. The Morgan fingerprint density at radius 1 is 1.17 bits per heavy atom. The van der Waals surface area contributed by atoms with Gasteiger partial charge in [-0.2, -0.15) is 15.1 Å². The molecule has 1 saturated carbocycles. The smallest absolute Gasteiger partial charge is 0.236 e. The van der Waals surface area contributed by atoms with E-state index in [0.717, 1.165) is 84.9 Å². The molecule has 0 aromatic carbocycles. The molecule has 11 heteroatoms. The molecule has 10 nitrogen and oxygen atoms in total. The van der Waals surface area contributed by atoms with E-state index >= 15 is 0 Å². The van der Waals surface area contributed by atoms with Crippen molar-refractivity contribution in [3.8, 4) is 0 Å². The lowest BCUT2D eigenvalue weighted by molar-refractivity contribution is -0.131. The predicted octanol–water partition coefficient (Wildman–Crippen LogP) is 3.40. The summed E-state index contributed by atoms with van der Waals surface area (Å²) in [6, 6.07) is 0.767. The SMILES string of the molecule is CCc1nc2c(NC3CCC(N(C)CC(=O)N4CCCC4)CC3)nc(Nc3cnn(C)c3)nc2s1. The molecule has 2 fully saturated rings. The second-order valence-electron chi connectivity index (χ2n) is 9.69. The van der Waals surface area contributed by atoms with Crippen molar-refractivity contribution in [2.75, 3.05) is 37.3 Å². The molecule has 35 heavy (non-hydrogen) atoms. The molecule has 1 saturated heterocycles. The van der Waals surface area contributed by atoms with Crippen molar-refractivity contribution in [2.24, 2.45) is 7.05 Å². The zero-order chi connectivity index (χ0) is 24.4. The van der Waals surface area contributed by atoms with Gasteiger partial charge in [-0.05, 0) is 52.0 Å². The minimum atomic E-state index is 0.275. The predicted molar refractivity (Wildman–Crippen MR) is 139 cm³/mol. The number of anilines is 3. The number of likely N-dealkylation sites (N-methyl/N-ethyl adjacent to an activating group) is 1. The Labute approximate surface area is 210 Å². The van der Waals surface area contributed by atoms with Crippen molar-refractivity contribution in [1.82, 2.24) is 34.5 Å². The first kappa shape index (κ1) is 23.9. The highest BCUT2D eigenvalue weighted by Crippen LogP contribution is 2.31. The van der Waals surface area contributed by atoms with Crippen molar-refractivity contribution in [3.05, 3.63) is 17.4 Å². The number of rotatable bonds is 8. The molecule has 2 N–H and O–H groups in total. The highest BCUT2D eigenvalue weighted by molar-refractivity contribution is 7.18. The van der Waals surface area contributed by atoms with Gasteiger partial charge in [0.15, 0.2) is 10.6 Å². The number of hydrogen-bond acceptors (Lipinski definition) is 9. The first-order chi connectivity index (χ1) is 17.0. The summed E-state index contributed by atoms with van der Waals surface area (Å²) in [5, 5.41) is 12.2. The Kier molecular flexibility index (Phi) is 7.14. The summed E-state index contributed by atoms with van der Waals surface area (Å²) >= 11 is 1.62. The molecule has 0 spiro atoms. The second-order valence-corrected chi connectivity index (χ2v) is 10.8. The molecule has 5 rings (SSSR count). The number of carbonyl (C=O) groups excluding carboxylic acids is 1. The number of aromatic nitrogens is 5. The van der Waals surface area contributed by atoms with Gasteiger partial charge in [0.25, 0.3) is 0 Å². The second kappa shape index (κ2) is 10.4. The van der Waals surface area contributed by atoms with Gasteiger partial charge in [0, 0.05) is 38.4 Å². The number of hydrogen-bond donors (Lipinski definition) is 2. The van der Waals surface area contributed by atoms with Crippen LogP contribution in [0.25, 0.3) is 10.3 Å². The Hall–Kier alpha value is -2.79. The van der Waals surface area contributed by atoms with Crippen LogP contribution in [0.3, 0.4) is 0 Å². The van der Waals surface area contributed by atoms with Gasteiger partial charge in [0.2, 0.25) is 11.9 Å². The standard InChI is InChI=1S/C24H35N9OS/c1-4-19-28-21-22(29-24(30-23(21)35-19)27-17-13-25-32(3)14-17)26-16-7-9-18(10-8-16)31(2)15-20(34)33-11-5-6-12-33/h13-14,16,18H,4-12,15H2,1-3H3,(H2,26,27,29,30). The number of likely N-dealkylation sites (tertiary alicyclic amines) is 1. The van der Waals surface area contributed by atoms with Crippen molar-refractivity contribution >= 4 is 45.0 Å². The largest absolute Gasteiger partial charge is 0.365 e. The van der Waals surface area contributed by atoms with Gasteiger partial charge in [-0.25, -0.2) is 4.98 Å². The Morgan fingerprint density at radius 2 is 1.94 bits per heavy atom. The van der Waals surface area contributed by atoms with Crippen molar-refractivity contribution in [1.29, 1.82) is 0 Å². The van der Waals surface area contributed by atoms with E-state index in [2.05, 4.69) is 34.6 Å². The van der Waals surface area contributed by atoms with Crippen molar-refractivity contribution < 1.29 is 4.79 Å². The van der Waals surface area contributed by atoms with Crippen LogP contribution in [0.15, 0.2) is 12.4 Å². The van der Waals surface area contributed by atoms with Gasteiger partial charge >= 0.3 is 0 Å². The topological polar surface area (TPSA) is 104 Å². The number of thiazole rings is 1. The first-order valence-corrected chi connectivity index (χ1v) is 13.5. The lowest BCUT2D eigenvalue weighted by atomic mass is 9.90. The van der Waals surface area contributed by atoms with Crippen LogP contribution in [0.1, 0.15) is 50.5 Å². The molecule has 0 unspecified atom stereocenters. The average molecular weight is 498 g/mol. The monoisotopic (exact) mass is 497 g/mol. The number of amides is 1. The van der Waals surface area contributed by atoms with Crippen molar-refractivity contribution in [3.63, 3.8) is 0 Å². The van der Waals surface area contributed by atoms with E-state index in [9.17, 15) is 4.79 Å². The summed E-state index contributed by atoms with van der Waals surface area (Å²) in [6.45, 7) is 4.48. The summed E-state index contributed by atoms with van der Waals surface area (Å²) in [5.74, 6) is 1.61. The van der Waals surface area contributed by atoms with Gasteiger partial charge in [0.05, 0.1) is 23.4 Å². The molecule has 1 amide bonds. The van der Waals surface area contributed by atoms with Gasteiger partial charge in [-0.15, -0.1) is 0 Å². The fourth-order valence-corrected chi connectivity index (χ4v) is 5.93. The summed E-state index contributed by atoms with van der Waals surface area (Å²) in [4.78, 5) is 32.0. The van der Waals surface area contributed by atoms with E-state index in [1.165, 1.54) is 0 Å². The van der Waals surface area contributed by atoms with E-state index < -0.39 is 0 Å². The van der Waals surface area contributed by atoms with Crippen molar-refractivity contribution in [2.45, 2.75) is 64.0 Å². The molecule has 1 aliphatic heterocycles. The third-order valence-electron chi connectivity index (χ3n) is 7.07. The quantitative estimate of drug-likeness (QED) is 0.488. The van der Waals surface area contributed by atoms with Crippen LogP contribution in [0, 0.1) is 0 Å². The fourth-order valence-electron chi connectivity index (χ4n) is 5.05. The summed E-state index contributed by atoms with van der Waals surface area (Å²) in [6.07, 6.45) is 11.0. The Balaban J connectivity index is 1.24. The summed E-state index contributed by atoms with van der Waals surface area (Å²) in [5.41, 5.74) is 1.70. The molecule has 188 valence electrons. The average Bonchev–Trinajstić information content (AvgIpc) is 3.60. The molecular weight excluding hydrogens is 462 g/mol. The van der Waals surface area contributed by atoms with E-state index in [1.807, 2.05) is 18.1 Å². The van der Waals surface area contributed by atoms with Gasteiger partial charge in [0.1, 0.15) is 5.52 Å². The molecular formula is C24H35N9OS. The highest BCUT2D eigenvalue weighted by atomic mass is 32.1. The maximum absolute atomic E-state index is 12.6. The zero-order valence-electron chi connectivity index (χ0n) is 20.8. The maximum atomic E-state index is 12.6. The number of nitrogens with one attached hydrogen (secondary N) is 2. The van der Waals surface area contributed by atoms with E-state index in [0.29, 0.717) is 24.6 Å². The maximum Gasteiger partial charge on any atom is 0.236 e. The van der Waals surface area contributed by atoms with Crippen LogP contribution in [0.4, 0.5) is 17.5 Å². The number of fused-ring (bicyclic) bond motifs is 1. The van der Waals surface area contributed by atoms with Gasteiger partial charge in [-0.1, -0.05) is 18.3 Å². The molecule has 3 aromatic heterocycles. The van der Waals surface area contributed by atoms with Crippen LogP contribution in [-0.4, -0.2) is 79.2 Å². The van der Waals surface area contributed by atoms with Crippen LogP contribution < -0.4 is 10.6 Å². The Morgan fingerprint density at radius 3 is 2.63 bits per heavy atom. The number of nitrogens with zero attached hydrogens (tertiary/aromatic N) is 7. The summed E-state index contributed by atoms with van der Waals surface area (Å²) in [7, 11) is 3.98. The van der Waals surface area contributed by atoms with Crippen LogP contribution >= 0.6 is 11.3 Å². The minimum absolute atomic E-state index is 0.275. The molecule has 2 aliphatic rings. The molecule has 3 aromatic rings. The highest BCUT2D eigenvalue weighted by Gasteiger charge is 2.28. The molecule has 0 atom stereocenters. The minimum Gasteiger partial charge on any atom is -0.365 e. The zero-order valence-corrected chi connectivity index (χ0v) is 21.6. The third-order valence-corrected chi connectivity index (χ3v) is 8.16. The molecule has 0 bridgehead atoms. The van der Waals surface area contributed by atoms with E-state index in [4.69, 9.17) is 15.0 Å². The number of aryl methyl sites for hydroxylation is 2. The lowest BCUT2D eigenvalue weighted by Gasteiger charge is -2.35. The molecule has 1 aliphatic carbocycles. The lowest BCUT2D eigenvalue weighted by Crippen LogP contribution is -2.44. The van der Waals surface area contributed by atoms with Crippen LogP contribution in [0.2, 0.25) is 0 Å². The van der Waals surface area contributed by atoms with Crippen LogP contribution in [-0.2, 0) is 18.3 Å². The Bertz CT molecular complexity index is 1160.